The summed E-state index contributed by atoms with van der Waals surface area (Å²) in [6, 6.07) is -0.0796. The molecule has 5 nitrogen and oxygen atoms in total. The fourth-order valence-corrected chi connectivity index (χ4v) is 3.91. The van der Waals surface area contributed by atoms with Gasteiger partial charge in [0.05, 0.1) is 11.8 Å². The van der Waals surface area contributed by atoms with Crippen LogP contribution in [0.4, 0.5) is 0 Å². The highest BCUT2D eigenvalue weighted by Crippen LogP contribution is 2.46. The van der Waals surface area contributed by atoms with Crippen molar-refractivity contribution in [3.63, 3.8) is 0 Å². The van der Waals surface area contributed by atoms with Crippen molar-refractivity contribution in [2.75, 3.05) is 25.1 Å². The molecule has 1 aliphatic carbocycles. The Labute approximate surface area is 114 Å². The van der Waals surface area contributed by atoms with Gasteiger partial charge in [-0.2, -0.15) is 0 Å². The second-order valence-electron chi connectivity index (χ2n) is 5.44. The molecule has 0 radical (unpaired) electrons. The maximum Gasteiger partial charge on any atom is 0.237 e. The summed E-state index contributed by atoms with van der Waals surface area (Å²) in [6.07, 6.45) is 4.97. The summed E-state index contributed by atoms with van der Waals surface area (Å²) >= 11 is 0. The van der Waals surface area contributed by atoms with Gasteiger partial charge >= 0.3 is 0 Å². The summed E-state index contributed by atoms with van der Waals surface area (Å²) in [5.41, 5.74) is -0.179. The Morgan fingerprint density at radius 1 is 1.44 bits per heavy atom. The van der Waals surface area contributed by atoms with Crippen LogP contribution < -0.4 is 10.6 Å². The Bertz CT molecular complexity index is 401. The third-order valence-corrected chi connectivity index (χ3v) is 4.68. The van der Waals surface area contributed by atoms with E-state index in [9.17, 15) is 13.2 Å². The molecule has 0 aromatic heterocycles. The maximum absolute atomic E-state index is 11.8. The molecular formula is C11H21ClN2O3S. The van der Waals surface area contributed by atoms with E-state index in [0.717, 1.165) is 32.2 Å². The molecule has 18 heavy (non-hydrogen) atoms. The summed E-state index contributed by atoms with van der Waals surface area (Å²) in [5.74, 6) is 0.209. The van der Waals surface area contributed by atoms with Crippen LogP contribution >= 0.6 is 12.4 Å². The highest BCUT2D eigenvalue weighted by molar-refractivity contribution is 7.90. The van der Waals surface area contributed by atoms with Crippen molar-refractivity contribution in [3.8, 4) is 0 Å². The van der Waals surface area contributed by atoms with Gasteiger partial charge in [-0.25, -0.2) is 8.42 Å². The minimum Gasteiger partial charge on any atom is -0.354 e. The standard InChI is InChI=1S/C11H20N2O3S.ClH/c1-17(15,16)8-11(4-5-11)7-13-10(14)9-3-2-6-12-9;/h9,12H,2-8H2,1H3,(H,13,14);1H. The number of carbonyl (C=O) groups excluding carboxylic acids is 1. The average molecular weight is 297 g/mol. The van der Waals surface area contributed by atoms with Gasteiger partial charge in [0.15, 0.2) is 0 Å². The molecule has 1 unspecified atom stereocenters. The first kappa shape index (κ1) is 15.7. The number of nitrogens with one attached hydrogen (secondary N) is 2. The van der Waals surface area contributed by atoms with Crippen LogP contribution in [0, 0.1) is 5.41 Å². The molecule has 2 fully saturated rings. The van der Waals surface area contributed by atoms with E-state index in [1.807, 2.05) is 0 Å². The molecule has 1 heterocycles. The average Bonchev–Trinajstić information content (AvgIpc) is 2.79. The summed E-state index contributed by atoms with van der Waals surface area (Å²) in [6.45, 7) is 1.39. The largest absolute Gasteiger partial charge is 0.354 e. The Morgan fingerprint density at radius 3 is 2.56 bits per heavy atom. The topological polar surface area (TPSA) is 75.3 Å². The van der Waals surface area contributed by atoms with Crippen LogP contribution in [0.25, 0.3) is 0 Å². The molecule has 1 amide bonds. The summed E-state index contributed by atoms with van der Waals surface area (Å²) in [5, 5.41) is 6.02. The lowest BCUT2D eigenvalue weighted by Gasteiger charge is -2.17. The quantitative estimate of drug-likeness (QED) is 0.755. The van der Waals surface area contributed by atoms with Gasteiger partial charge in [0.25, 0.3) is 0 Å². The fraction of sp³-hybridized carbons (Fsp3) is 0.909. The number of rotatable bonds is 5. The first-order valence-electron chi connectivity index (χ1n) is 6.09. The Hall–Kier alpha value is -0.330. The number of sulfone groups is 1. The minimum absolute atomic E-state index is 0. The predicted octanol–water partition coefficient (Wildman–Crippen LogP) is 0.101. The zero-order valence-electron chi connectivity index (χ0n) is 10.6. The van der Waals surface area contributed by atoms with E-state index < -0.39 is 9.84 Å². The number of halogens is 1. The van der Waals surface area contributed by atoms with E-state index in [4.69, 9.17) is 0 Å². The third-order valence-electron chi connectivity index (χ3n) is 3.54. The van der Waals surface area contributed by atoms with Crippen LogP contribution in [0.3, 0.4) is 0 Å². The predicted molar refractivity (Wildman–Crippen MR) is 72.7 cm³/mol. The normalized spacial score (nSPS) is 25.3. The van der Waals surface area contributed by atoms with Gasteiger partial charge in [-0.1, -0.05) is 0 Å². The van der Waals surface area contributed by atoms with Gasteiger partial charge in [0.2, 0.25) is 5.91 Å². The van der Waals surface area contributed by atoms with Crippen LogP contribution in [0.1, 0.15) is 25.7 Å². The molecule has 0 spiro atoms. The molecule has 1 saturated carbocycles. The molecule has 2 rings (SSSR count). The van der Waals surface area contributed by atoms with Crippen molar-refractivity contribution in [2.45, 2.75) is 31.7 Å². The minimum atomic E-state index is -2.95. The monoisotopic (exact) mass is 296 g/mol. The Balaban J connectivity index is 0.00000162. The lowest BCUT2D eigenvalue weighted by atomic mass is 10.1. The molecule has 0 aromatic carbocycles. The molecule has 0 aromatic rings. The van der Waals surface area contributed by atoms with Gasteiger partial charge in [0.1, 0.15) is 9.84 Å². The van der Waals surface area contributed by atoms with Crippen molar-refractivity contribution in [2.24, 2.45) is 5.41 Å². The fourth-order valence-electron chi connectivity index (χ4n) is 2.41. The van der Waals surface area contributed by atoms with Gasteiger partial charge in [0, 0.05) is 18.2 Å². The first-order chi connectivity index (χ1) is 7.90. The molecule has 2 aliphatic rings. The van der Waals surface area contributed by atoms with E-state index >= 15 is 0 Å². The zero-order chi connectivity index (χ0) is 12.5. The Kier molecular flexibility index (Phi) is 5.03. The zero-order valence-corrected chi connectivity index (χ0v) is 12.2. The van der Waals surface area contributed by atoms with Gasteiger partial charge < -0.3 is 10.6 Å². The van der Waals surface area contributed by atoms with Gasteiger partial charge in [-0.15, -0.1) is 12.4 Å². The summed E-state index contributed by atoms with van der Waals surface area (Å²) in [7, 11) is -2.95. The van der Waals surface area contributed by atoms with Crippen LogP contribution in [-0.2, 0) is 14.6 Å². The van der Waals surface area contributed by atoms with Crippen LogP contribution in [0.5, 0.6) is 0 Å². The van der Waals surface area contributed by atoms with Crippen LogP contribution in [0.2, 0.25) is 0 Å². The van der Waals surface area contributed by atoms with Crippen LogP contribution in [0.15, 0.2) is 0 Å². The van der Waals surface area contributed by atoms with Crippen molar-refractivity contribution in [1.82, 2.24) is 10.6 Å². The summed E-state index contributed by atoms with van der Waals surface area (Å²) in [4.78, 5) is 11.8. The Morgan fingerprint density at radius 2 is 2.11 bits per heavy atom. The second kappa shape index (κ2) is 5.75. The van der Waals surface area contributed by atoms with E-state index in [-0.39, 0.29) is 35.5 Å². The molecular weight excluding hydrogens is 276 g/mol. The third kappa shape index (κ3) is 4.40. The smallest absolute Gasteiger partial charge is 0.237 e. The van der Waals surface area contributed by atoms with Crippen molar-refractivity contribution < 1.29 is 13.2 Å². The number of amides is 1. The molecule has 2 N–H and O–H groups in total. The SMILES string of the molecule is CS(=O)(=O)CC1(CNC(=O)C2CCCN2)CC1.Cl. The molecule has 1 aliphatic heterocycles. The van der Waals surface area contributed by atoms with Gasteiger partial charge in [-0.05, 0) is 32.2 Å². The van der Waals surface area contributed by atoms with E-state index in [0.29, 0.717) is 6.54 Å². The molecule has 1 saturated heterocycles. The lowest BCUT2D eigenvalue weighted by molar-refractivity contribution is -0.123. The van der Waals surface area contributed by atoms with E-state index in [1.54, 1.807) is 0 Å². The highest BCUT2D eigenvalue weighted by Gasteiger charge is 2.45. The van der Waals surface area contributed by atoms with E-state index in [2.05, 4.69) is 10.6 Å². The van der Waals surface area contributed by atoms with E-state index in [1.165, 1.54) is 6.26 Å². The molecule has 7 heteroatoms. The molecule has 1 atom stereocenters. The highest BCUT2D eigenvalue weighted by atomic mass is 35.5. The number of hydrogen-bond donors (Lipinski definition) is 2. The summed E-state index contributed by atoms with van der Waals surface area (Å²) < 4.78 is 22.5. The first-order valence-corrected chi connectivity index (χ1v) is 8.15. The lowest BCUT2D eigenvalue weighted by Crippen LogP contribution is -2.43. The van der Waals surface area contributed by atoms with Crippen LogP contribution in [-0.4, -0.2) is 45.5 Å². The van der Waals surface area contributed by atoms with Gasteiger partial charge in [-0.3, -0.25) is 4.79 Å². The van der Waals surface area contributed by atoms with Crippen molar-refractivity contribution in [1.29, 1.82) is 0 Å². The maximum atomic E-state index is 11.8. The number of carbonyl (C=O) groups is 1. The second-order valence-corrected chi connectivity index (χ2v) is 7.58. The number of hydrogen-bond acceptors (Lipinski definition) is 4. The van der Waals surface area contributed by atoms with Crippen molar-refractivity contribution >= 4 is 28.2 Å². The molecule has 106 valence electrons. The van der Waals surface area contributed by atoms with Crippen molar-refractivity contribution in [3.05, 3.63) is 0 Å². The molecule has 0 bridgehead atoms.